The van der Waals surface area contributed by atoms with Gasteiger partial charge >= 0.3 is 0 Å². The van der Waals surface area contributed by atoms with Crippen LogP contribution >= 0.6 is 43.6 Å². The molecule has 1 aromatic carbocycles. The number of thioether (sulfide) groups is 1. The molecule has 0 fully saturated rings. The number of benzene rings is 1. The van der Waals surface area contributed by atoms with Gasteiger partial charge in [0.1, 0.15) is 0 Å². The summed E-state index contributed by atoms with van der Waals surface area (Å²) in [7, 11) is 1.99. The highest BCUT2D eigenvalue weighted by Gasteiger charge is 2.18. The molecule has 3 nitrogen and oxygen atoms in total. The molecule has 2 rings (SSSR count). The second-order valence-corrected chi connectivity index (χ2v) is 7.64. The van der Waals surface area contributed by atoms with Crippen LogP contribution in [0.15, 0.2) is 44.3 Å². The van der Waals surface area contributed by atoms with Crippen LogP contribution in [0.25, 0.3) is 0 Å². The normalized spacial score (nSPS) is 12.6. The lowest BCUT2D eigenvalue weighted by atomic mass is 10.2. The van der Waals surface area contributed by atoms with E-state index in [-0.39, 0.29) is 6.04 Å². The average Bonchev–Trinajstić information content (AvgIpc) is 2.81. The third-order valence-corrected chi connectivity index (χ3v) is 5.38. The van der Waals surface area contributed by atoms with E-state index in [1.807, 2.05) is 29.7 Å². The molecule has 0 saturated carbocycles. The maximum Gasteiger partial charge on any atom is 0.0700 e. The van der Waals surface area contributed by atoms with E-state index < -0.39 is 0 Å². The predicted octanol–water partition coefficient (Wildman–Crippen LogP) is 4.78. The maximum absolute atomic E-state index is 4.33. The van der Waals surface area contributed by atoms with Gasteiger partial charge in [-0.1, -0.05) is 22.9 Å². The van der Waals surface area contributed by atoms with E-state index in [0.717, 1.165) is 27.7 Å². The first-order valence-electron chi connectivity index (χ1n) is 6.91. The molecule has 0 aliphatic rings. The van der Waals surface area contributed by atoms with E-state index in [2.05, 4.69) is 73.5 Å². The van der Waals surface area contributed by atoms with Crippen LogP contribution in [0.2, 0.25) is 0 Å². The average molecular weight is 433 g/mol. The molecule has 21 heavy (non-hydrogen) atoms. The number of aryl methyl sites for hydroxylation is 1. The van der Waals surface area contributed by atoms with Gasteiger partial charge in [0.25, 0.3) is 0 Å². The monoisotopic (exact) mass is 431 g/mol. The van der Waals surface area contributed by atoms with Crippen molar-refractivity contribution in [3.05, 3.63) is 45.1 Å². The molecule has 114 valence electrons. The topological polar surface area (TPSA) is 29.9 Å². The van der Waals surface area contributed by atoms with Gasteiger partial charge in [0.05, 0.1) is 22.4 Å². The summed E-state index contributed by atoms with van der Waals surface area (Å²) in [5.41, 5.74) is 1.20. The molecule has 6 heteroatoms. The van der Waals surface area contributed by atoms with Crippen LogP contribution in [0.4, 0.5) is 0 Å². The fourth-order valence-electron chi connectivity index (χ4n) is 2.08. The van der Waals surface area contributed by atoms with Crippen molar-refractivity contribution in [3.63, 3.8) is 0 Å². The molecule has 0 aliphatic heterocycles. The minimum atomic E-state index is 0.278. The minimum absolute atomic E-state index is 0.278. The Morgan fingerprint density at radius 1 is 1.29 bits per heavy atom. The second-order valence-electron chi connectivity index (χ2n) is 4.77. The molecule has 0 spiro atoms. The lowest BCUT2D eigenvalue weighted by Gasteiger charge is -2.19. The van der Waals surface area contributed by atoms with Gasteiger partial charge in [0, 0.05) is 22.2 Å². The largest absolute Gasteiger partial charge is 0.308 e. The quantitative estimate of drug-likeness (QED) is 0.638. The van der Waals surface area contributed by atoms with Crippen LogP contribution in [0, 0.1) is 0 Å². The zero-order chi connectivity index (χ0) is 15.2. The van der Waals surface area contributed by atoms with E-state index in [1.165, 1.54) is 10.6 Å². The number of aromatic nitrogens is 2. The third-order valence-electron chi connectivity index (χ3n) is 3.14. The molecular weight excluding hydrogens is 414 g/mol. The highest BCUT2D eigenvalue weighted by Crippen LogP contribution is 2.29. The Morgan fingerprint density at radius 3 is 2.57 bits per heavy atom. The molecular formula is C15H19Br2N3S. The molecule has 0 amide bonds. The van der Waals surface area contributed by atoms with E-state index in [4.69, 9.17) is 0 Å². The van der Waals surface area contributed by atoms with Crippen molar-refractivity contribution in [2.24, 2.45) is 7.05 Å². The van der Waals surface area contributed by atoms with Crippen molar-refractivity contribution in [2.45, 2.75) is 24.3 Å². The first-order chi connectivity index (χ1) is 10.1. The molecule has 1 N–H and O–H groups in total. The van der Waals surface area contributed by atoms with Crippen LogP contribution in [0.1, 0.15) is 25.1 Å². The van der Waals surface area contributed by atoms with E-state index in [0.29, 0.717) is 0 Å². The Morgan fingerprint density at radius 2 is 2.00 bits per heavy atom. The van der Waals surface area contributed by atoms with Gasteiger partial charge in [-0.3, -0.25) is 4.68 Å². The standard InChI is InChI=1S/C15H19Br2N3S/c1-3-8-18-14(15-13(17)9-19-20(15)2)10-21-12-6-4-11(16)5-7-12/h4-7,9,14,18H,3,8,10H2,1-2H3. The Hall–Kier alpha value is -0.300. The summed E-state index contributed by atoms with van der Waals surface area (Å²) in [6, 6.07) is 8.72. The zero-order valence-electron chi connectivity index (χ0n) is 12.1. The van der Waals surface area contributed by atoms with Crippen LogP contribution in [-0.2, 0) is 7.05 Å². The van der Waals surface area contributed by atoms with Crippen molar-refractivity contribution in [2.75, 3.05) is 12.3 Å². The van der Waals surface area contributed by atoms with Gasteiger partial charge in [-0.05, 0) is 53.2 Å². The number of hydrogen-bond acceptors (Lipinski definition) is 3. The number of hydrogen-bond donors (Lipinski definition) is 1. The number of nitrogens with one attached hydrogen (secondary N) is 1. The van der Waals surface area contributed by atoms with Gasteiger partial charge in [0.15, 0.2) is 0 Å². The van der Waals surface area contributed by atoms with Crippen LogP contribution < -0.4 is 5.32 Å². The predicted molar refractivity (Wildman–Crippen MR) is 96.8 cm³/mol. The molecule has 1 atom stereocenters. The fourth-order valence-corrected chi connectivity index (χ4v) is 3.93. The molecule has 1 heterocycles. The summed E-state index contributed by atoms with van der Waals surface area (Å²) in [5.74, 6) is 0.972. The first kappa shape index (κ1) is 17.1. The summed E-state index contributed by atoms with van der Waals surface area (Å²) < 4.78 is 4.12. The van der Waals surface area contributed by atoms with E-state index in [9.17, 15) is 0 Å². The van der Waals surface area contributed by atoms with Crippen LogP contribution in [0.3, 0.4) is 0 Å². The van der Waals surface area contributed by atoms with Gasteiger partial charge in [-0.15, -0.1) is 11.8 Å². The lowest BCUT2D eigenvalue weighted by Crippen LogP contribution is -2.26. The van der Waals surface area contributed by atoms with Crippen molar-refractivity contribution in [1.82, 2.24) is 15.1 Å². The first-order valence-corrected chi connectivity index (χ1v) is 9.48. The van der Waals surface area contributed by atoms with Crippen molar-refractivity contribution in [1.29, 1.82) is 0 Å². The molecule has 0 saturated heterocycles. The summed E-state index contributed by atoms with van der Waals surface area (Å²) in [6.45, 7) is 3.19. The molecule has 1 aromatic heterocycles. The minimum Gasteiger partial charge on any atom is -0.308 e. The van der Waals surface area contributed by atoms with Crippen molar-refractivity contribution >= 4 is 43.6 Å². The number of nitrogens with zero attached hydrogens (tertiary/aromatic N) is 2. The summed E-state index contributed by atoms with van der Waals surface area (Å²) in [6.07, 6.45) is 2.98. The zero-order valence-corrected chi connectivity index (χ0v) is 16.1. The highest BCUT2D eigenvalue weighted by atomic mass is 79.9. The van der Waals surface area contributed by atoms with E-state index >= 15 is 0 Å². The van der Waals surface area contributed by atoms with Crippen molar-refractivity contribution < 1.29 is 0 Å². The number of halogens is 2. The number of rotatable bonds is 7. The van der Waals surface area contributed by atoms with Crippen molar-refractivity contribution in [3.8, 4) is 0 Å². The summed E-state index contributed by atoms with van der Waals surface area (Å²) in [5, 5.41) is 7.94. The van der Waals surface area contributed by atoms with Gasteiger partial charge in [-0.2, -0.15) is 5.10 Å². The van der Waals surface area contributed by atoms with E-state index in [1.54, 1.807) is 0 Å². The fraction of sp³-hybridized carbons (Fsp3) is 0.400. The highest BCUT2D eigenvalue weighted by molar-refractivity contribution is 9.10. The van der Waals surface area contributed by atoms with Crippen LogP contribution in [0.5, 0.6) is 0 Å². The van der Waals surface area contributed by atoms with Crippen LogP contribution in [-0.4, -0.2) is 22.1 Å². The molecule has 0 radical (unpaired) electrons. The maximum atomic E-state index is 4.33. The lowest BCUT2D eigenvalue weighted by molar-refractivity contribution is 0.533. The summed E-state index contributed by atoms with van der Waals surface area (Å²) in [4.78, 5) is 1.28. The second kappa shape index (κ2) is 8.36. The Kier molecular flexibility index (Phi) is 6.79. The Labute approximate surface area is 147 Å². The molecule has 0 aliphatic carbocycles. The summed E-state index contributed by atoms with van der Waals surface area (Å²) >= 11 is 8.94. The SMILES string of the molecule is CCCNC(CSc1ccc(Br)cc1)c1c(Br)cnn1C. The smallest absolute Gasteiger partial charge is 0.0700 e. The Bertz CT molecular complexity index is 549. The Balaban J connectivity index is 2.08. The molecule has 1 unspecified atom stereocenters. The van der Waals surface area contributed by atoms with Gasteiger partial charge in [-0.25, -0.2) is 0 Å². The third kappa shape index (κ3) is 4.84. The van der Waals surface area contributed by atoms with Gasteiger partial charge < -0.3 is 5.32 Å². The molecule has 0 bridgehead atoms. The van der Waals surface area contributed by atoms with Gasteiger partial charge in [0.2, 0.25) is 0 Å². The molecule has 2 aromatic rings.